The van der Waals surface area contributed by atoms with Crippen molar-refractivity contribution in [2.24, 2.45) is 0 Å². The number of carbonyl (C=O) groups excluding carboxylic acids is 3. The summed E-state index contributed by atoms with van der Waals surface area (Å²) < 4.78 is 27.9. The molecule has 0 aliphatic carbocycles. The summed E-state index contributed by atoms with van der Waals surface area (Å²) in [5.41, 5.74) is 0. The minimum atomic E-state index is -2.87. The summed E-state index contributed by atoms with van der Waals surface area (Å²) in [5, 5.41) is 4.29. The quantitative estimate of drug-likeness (QED) is 0.686. The molecule has 2 fully saturated rings. The van der Waals surface area contributed by atoms with Crippen molar-refractivity contribution >= 4 is 17.8 Å². The number of ether oxygens (including phenoxy) is 1. The highest BCUT2D eigenvalue weighted by Gasteiger charge is 2.39. The van der Waals surface area contributed by atoms with Crippen molar-refractivity contribution in [3.05, 3.63) is 0 Å². The van der Waals surface area contributed by atoms with E-state index in [1.54, 1.807) is 0 Å². The lowest BCUT2D eigenvalue weighted by atomic mass is 10.1. The third-order valence-electron chi connectivity index (χ3n) is 2.70. The van der Waals surface area contributed by atoms with E-state index in [-0.39, 0.29) is 19.5 Å². The Labute approximate surface area is 100 Å². The number of hydrogen-bond acceptors (Lipinski definition) is 4. The summed E-state index contributed by atoms with van der Waals surface area (Å²) in [7, 11) is 0. The molecule has 7 nitrogen and oxygen atoms in total. The number of alkyl halides is 2. The minimum Gasteiger partial charge on any atom is -0.336 e. The van der Waals surface area contributed by atoms with Gasteiger partial charge in [0.15, 0.2) is 0 Å². The molecular formula is C9H11F2N3O4. The summed E-state index contributed by atoms with van der Waals surface area (Å²) >= 11 is 0. The summed E-state index contributed by atoms with van der Waals surface area (Å²) in [6.45, 7) is -2.79. The lowest BCUT2D eigenvalue weighted by Crippen LogP contribution is -2.63. The van der Waals surface area contributed by atoms with E-state index in [9.17, 15) is 23.2 Å². The van der Waals surface area contributed by atoms with E-state index < -0.39 is 36.6 Å². The SMILES string of the molecule is O=C1C[C@@H](C(=O)N2CC(OC(F)F)C2)NC(=O)N1. The zero-order valence-electron chi connectivity index (χ0n) is 9.19. The fourth-order valence-electron chi connectivity index (χ4n) is 1.83. The molecule has 2 rings (SSSR count). The molecule has 0 saturated carbocycles. The lowest BCUT2D eigenvalue weighted by Gasteiger charge is -2.40. The van der Waals surface area contributed by atoms with Gasteiger partial charge in [-0.15, -0.1) is 0 Å². The molecule has 0 spiro atoms. The van der Waals surface area contributed by atoms with Gasteiger partial charge in [-0.1, -0.05) is 0 Å². The number of likely N-dealkylation sites (tertiary alicyclic amines) is 1. The first kappa shape index (κ1) is 12.7. The molecule has 0 aromatic rings. The van der Waals surface area contributed by atoms with Crippen molar-refractivity contribution in [2.75, 3.05) is 13.1 Å². The molecule has 2 aliphatic rings. The highest BCUT2D eigenvalue weighted by atomic mass is 19.3. The van der Waals surface area contributed by atoms with Gasteiger partial charge in [-0.2, -0.15) is 8.78 Å². The Hall–Kier alpha value is -1.77. The molecule has 9 heteroatoms. The standard InChI is InChI=1S/C9H11F2N3O4/c10-8(11)18-4-2-14(3-4)7(16)5-1-6(15)13-9(17)12-5/h4-5,8H,1-3H2,(H2,12,13,15,17)/t5-/m0/s1. The van der Waals surface area contributed by atoms with E-state index in [4.69, 9.17) is 0 Å². The Morgan fingerprint density at radius 3 is 2.61 bits per heavy atom. The Morgan fingerprint density at radius 2 is 2.06 bits per heavy atom. The first-order valence-electron chi connectivity index (χ1n) is 5.28. The van der Waals surface area contributed by atoms with Crippen LogP contribution in [0.2, 0.25) is 0 Å². The van der Waals surface area contributed by atoms with Crippen LogP contribution >= 0.6 is 0 Å². The van der Waals surface area contributed by atoms with E-state index >= 15 is 0 Å². The molecule has 0 bridgehead atoms. The molecule has 0 aromatic carbocycles. The molecule has 2 aliphatic heterocycles. The summed E-state index contributed by atoms with van der Waals surface area (Å²) in [6.07, 6.45) is -0.844. The van der Waals surface area contributed by atoms with Gasteiger partial charge in [0.05, 0.1) is 12.5 Å². The highest BCUT2D eigenvalue weighted by molar-refractivity contribution is 6.02. The molecule has 0 aromatic heterocycles. The molecular weight excluding hydrogens is 252 g/mol. The van der Waals surface area contributed by atoms with Gasteiger partial charge in [-0.25, -0.2) is 4.79 Å². The number of hydrogen-bond donors (Lipinski definition) is 2. The maximum Gasteiger partial charge on any atom is 0.345 e. The van der Waals surface area contributed by atoms with Gasteiger partial charge in [0.2, 0.25) is 11.8 Å². The molecule has 2 N–H and O–H groups in total. The van der Waals surface area contributed by atoms with Crippen LogP contribution in [0.1, 0.15) is 6.42 Å². The van der Waals surface area contributed by atoms with Gasteiger partial charge in [-0.3, -0.25) is 14.9 Å². The van der Waals surface area contributed by atoms with E-state index in [1.807, 2.05) is 5.32 Å². The number of urea groups is 1. The zero-order valence-corrected chi connectivity index (χ0v) is 9.19. The molecule has 2 saturated heterocycles. The van der Waals surface area contributed by atoms with Crippen LogP contribution in [0.15, 0.2) is 0 Å². The van der Waals surface area contributed by atoms with Gasteiger partial charge in [0, 0.05) is 13.1 Å². The first-order valence-corrected chi connectivity index (χ1v) is 5.28. The molecule has 100 valence electrons. The smallest absolute Gasteiger partial charge is 0.336 e. The Balaban J connectivity index is 1.82. The maximum atomic E-state index is 11.9. The average molecular weight is 263 g/mol. The topological polar surface area (TPSA) is 87.7 Å². The Morgan fingerprint density at radius 1 is 1.39 bits per heavy atom. The third-order valence-corrected chi connectivity index (χ3v) is 2.70. The number of rotatable bonds is 3. The van der Waals surface area contributed by atoms with Crippen molar-refractivity contribution in [3.8, 4) is 0 Å². The van der Waals surface area contributed by atoms with Crippen molar-refractivity contribution < 1.29 is 27.9 Å². The monoisotopic (exact) mass is 263 g/mol. The van der Waals surface area contributed by atoms with E-state index in [2.05, 4.69) is 10.1 Å². The fourth-order valence-corrected chi connectivity index (χ4v) is 1.83. The van der Waals surface area contributed by atoms with Crippen LogP contribution in [0.25, 0.3) is 0 Å². The predicted octanol–water partition coefficient (Wildman–Crippen LogP) is -0.965. The molecule has 18 heavy (non-hydrogen) atoms. The van der Waals surface area contributed by atoms with Crippen LogP contribution in [0, 0.1) is 0 Å². The van der Waals surface area contributed by atoms with Crippen molar-refractivity contribution in [2.45, 2.75) is 25.2 Å². The summed E-state index contributed by atoms with van der Waals surface area (Å²) in [6, 6.07) is -1.66. The Bertz CT molecular complexity index is 368. The van der Waals surface area contributed by atoms with Gasteiger partial charge in [-0.05, 0) is 0 Å². The number of carbonyl (C=O) groups is 3. The van der Waals surface area contributed by atoms with Gasteiger partial charge in [0.25, 0.3) is 0 Å². The molecule has 1 atom stereocenters. The van der Waals surface area contributed by atoms with E-state index in [0.29, 0.717) is 0 Å². The maximum absolute atomic E-state index is 11.9. The van der Waals surface area contributed by atoms with Crippen LogP contribution in [0.4, 0.5) is 13.6 Å². The second-order valence-corrected chi connectivity index (χ2v) is 4.04. The minimum absolute atomic E-state index is 0.0389. The van der Waals surface area contributed by atoms with E-state index in [0.717, 1.165) is 0 Å². The first-order chi connectivity index (χ1) is 8.45. The largest absolute Gasteiger partial charge is 0.345 e. The second kappa shape index (κ2) is 4.84. The molecule has 0 radical (unpaired) electrons. The number of amides is 4. The van der Waals surface area contributed by atoms with Crippen molar-refractivity contribution in [1.29, 1.82) is 0 Å². The molecule has 4 amide bonds. The number of halogens is 2. The zero-order chi connectivity index (χ0) is 13.3. The normalized spacial score (nSPS) is 24.6. The number of imide groups is 1. The second-order valence-electron chi connectivity index (χ2n) is 4.04. The summed E-state index contributed by atoms with van der Waals surface area (Å²) in [5.74, 6) is -1.01. The van der Waals surface area contributed by atoms with Crippen LogP contribution in [-0.2, 0) is 14.3 Å². The average Bonchev–Trinajstić information content (AvgIpc) is 2.20. The lowest BCUT2D eigenvalue weighted by molar-refractivity contribution is -0.199. The van der Waals surface area contributed by atoms with Crippen LogP contribution in [0.3, 0.4) is 0 Å². The van der Waals surface area contributed by atoms with Crippen molar-refractivity contribution in [1.82, 2.24) is 15.5 Å². The predicted molar refractivity (Wildman–Crippen MR) is 52.5 cm³/mol. The number of nitrogens with zero attached hydrogens (tertiary/aromatic N) is 1. The fraction of sp³-hybridized carbons (Fsp3) is 0.667. The van der Waals surface area contributed by atoms with Crippen molar-refractivity contribution in [3.63, 3.8) is 0 Å². The highest BCUT2D eigenvalue weighted by Crippen LogP contribution is 2.17. The third kappa shape index (κ3) is 2.73. The van der Waals surface area contributed by atoms with Gasteiger partial charge in [0.1, 0.15) is 6.04 Å². The Kier molecular flexibility index (Phi) is 3.41. The summed E-state index contributed by atoms with van der Waals surface area (Å²) in [4.78, 5) is 35.1. The van der Waals surface area contributed by atoms with Crippen LogP contribution in [-0.4, -0.2) is 54.6 Å². The van der Waals surface area contributed by atoms with Gasteiger partial charge >= 0.3 is 12.6 Å². The molecule has 2 heterocycles. The van der Waals surface area contributed by atoms with Crippen LogP contribution in [0.5, 0.6) is 0 Å². The number of nitrogens with one attached hydrogen (secondary N) is 2. The van der Waals surface area contributed by atoms with Crippen LogP contribution < -0.4 is 10.6 Å². The molecule has 0 unspecified atom stereocenters. The van der Waals surface area contributed by atoms with E-state index in [1.165, 1.54) is 4.90 Å². The van der Waals surface area contributed by atoms with Gasteiger partial charge < -0.3 is 15.0 Å².